The predicted molar refractivity (Wildman–Crippen MR) is 84.0 cm³/mol. The highest BCUT2D eigenvalue weighted by Crippen LogP contribution is 2.30. The molecular formula is C17H26N2O. The molecule has 0 spiro atoms. The van der Waals surface area contributed by atoms with Gasteiger partial charge in [-0.2, -0.15) is 0 Å². The molecule has 3 nitrogen and oxygen atoms in total. The molecular weight excluding hydrogens is 248 g/mol. The molecule has 1 heterocycles. The van der Waals surface area contributed by atoms with Crippen LogP contribution < -0.4 is 10.6 Å². The smallest absolute Gasteiger partial charge is 0.244 e. The number of piperidine rings is 1. The highest BCUT2D eigenvalue weighted by atomic mass is 16.2. The summed E-state index contributed by atoms with van der Waals surface area (Å²) in [6.45, 7) is 9.42. The van der Waals surface area contributed by atoms with Crippen molar-refractivity contribution in [1.29, 1.82) is 0 Å². The van der Waals surface area contributed by atoms with E-state index in [-0.39, 0.29) is 11.3 Å². The van der Waals surface area contributed by atoms with E-state index < -0.39 is 5.54 Å². The van der Waals surface area contributed by atoms with E-state index in [2.05, 4.69) is 37.5 Å². The zero-order valence-corrected chi connectivity index (χ0v) is 13.0. The Morgan fingerprint density at radius 3 is 2.55 bits per heavy atom. The Morgan fingerprint density at radius 2 is 1.95 bits per heavy atom. The Morgan fingerprint density at radius 1 is 1.25 bits per heavy atom. The van der Waals surface area contributed by atoms with Crippen molar-refractivity contribution in [2.24, 2.45) is 0 Å². The molecule has 1 aromatic rings. The Balaban J connectivity index is 2.20. The molecule has 0 radical (unpaired) electrons. The van der Waals surface area contributed by atoms with Crippen LogP contribution in [0.15, 0.2) is 24.3 Å². The summed E-state index contributed by atoms with van der Waals surface area (Å²) in [6, 6.07) is 8.08. The van der Waals surface area contributed by atoms with Crippen LogP contribution in [0.25, 0.3) is 0 Å². The summed E-state index contributed by atoms with van der Waals surface area (Å²) in [5.41, 5.74) is 1.68. The van der Waals surface area contributed by atoms with Crippen molar-refractivity contribution in [3.8, 4) is 0 Å². The van der Waals surface area contributed by atoms with Gasteiger partial charge in [0.2, 0.25) is 5.91 Å². The largest absolute Gasteiger partial charge is 0.324 e. The predicted octanol–water partition coefficient (Wildman–Crippen LogP) is 3.45. The first-order valence-corrected chi connectivity index (χ1v) is 7.49. The zero-order chi connectivity index (χ0) is 14.8. The summed E-state index contributed by atoms with van der Waals surface area (Å²) in [4.78, 5) is 12.6. The third-order valence-corrected chi connectivity index (χ3v) is 4.10. The molecule has 0 saturated carbocycles. The second-order valence-corrected chi connectivity index (χ2v) is 6.97. The van der Waals surface area contributed by atoms with Gasteiger partial charge in [-0.15, -0.1) is 0 Å². The first kappa shape index (κ1) is 15.0. The number of nitrogens with one attached hydrogen (secondary N) is 2. The van der Waals surface area contributed by atoms with Gasteiger partial charge in [0.05, 0.1) is 5.54 Å². The van der Waals surface area contributed by atoms with Gasteiger partial charge in [0.25, 0.3) is 0 Å². The number of amides is 1. The number of para-hydroxylation sites is 1. The van der Waals surface area contributed by atoms with Gasteiger partial charge in [-0.25, -0.2) is 0 Å². The van der Waals surface area contributed by atoms with Crippen LogP contribution in [-0.4, -0.2) is 18.0 Å². The fourth-order valence-electron chi connectivity index (χ4n) is 2.76. The zero-order valence-electron chi connectivity index (χ0n) is 13.0. The average molecular weight is 274 g/mol. The molecule has 1 aliphatic rings. The third kappa shape index (κ3) is 3.21. The molecule has 1 atom stereocenters. The minimum Gasteiger partial charge on any atom is -0.324 e. The van der Waals surface area contributed by atoms with Gasteiger partial charge >= 0.3 is 0 Å². The SMILES string of the molecule is CC1(C(=O)Nc2ccccc2C(C)(C)C)CCCCN1. The molecule has 1 saturated heterocycles. The fraction of sp³-hybridized carbons (Fsp3) is 0.588. The second-order valence-electron chi connectivity index (χ2n) is 6.97. The van der Waals surface area contributed by atoms with Crippen LogP contribution in [0.3, 0.4) is 0 Å². The average Bonchev–Trinajstić information content (AvgIpc) is 2.39. The summed E-state index contributed by atoms with van der Waals surface area (Å²) in [5.74, 6) is 0.0777. The maximum atomic E-state index is 12.6. The number of hydrogen-bond donors (Lipinski definition) is 2. The van der Waals surface area contributed by atoms with E-state index in [0.29, 0.717) is 0 Å². The Labute approximate surface area is 122 Å². The van der Waals surface area contributed by atoms with Crippen LogP contribution >= 0.6 is 0 Å². The number of carbonyl (C=O) groups excluding carboxylic acids is 1. The van der Waals surface area contributed by atoms with Crippen LogP contribution in [0.5, 0.6) is 0 Å². The number of benzene rings is 1. The van der Waals surface area contributed by atoms with E-state index in [1.807, 2.05) is 25.1 Å². The van der Waals surface area contributed by atoms with Gasteiger partial charge in [-0.05, 0) is 49.8 Å². The molecule has 2 N–H and O–H groups in total. The van der Waals surface area contributed by atoms with Crippen molar-refractivity contribution in [2.45, 2.75) is 57.9 Å². The monoisotopic (exact) mass is 274 g/mol. The third-order valence-electron chi connectivity index (χ3n) is 4.10. The van der Waals surface area contributed by atoms with Crippen molar-refractivity contribution < 1.29 is 4.79 Å². The number of carbonyl (C=O) groups is 1. The first-order valence-electron chi connectivity index (χ1n) is 7.49. The van der Waals surface area contributed by atoms with E-state index >= 15 is 0 Å². The van der Waals surface area contributed by atoms with Gasteiger partial charge in [-0.1, -0.05) is 39.0 Å². The number of anilines is 1. The molecule has 0 aliphatic carbocycles. The van der Waals surface area contributed by atoms with Crippen LogP contribution in [0.4, 0.5) is 5.69 Å². The summed E-state index contributed by atoms with van der Waals surface area (Å²) >= 11 is 0. The molecule has 3 heteroatoms. The van der Waals surface area contributed by atoms with Gasteiger partial charge in [0, 0.05) is 5.69 Å². The standard InChI is InChI=1S/C17H26N2O/c1-16(2,3)13-9-5-6-10-14(13)19-15(20)17(4)11-7-8-12-18-17/h5-6,9-10,18H,7-8,11-12H2,1-4H3,(H,19,20). The van der Waals surface area contributed by atoms with Crippen LogP contribution in [0.2, 0.25) is 0 Å². The lowest BCUT2D eigenvalue weighted by Gasteiger charge is -2.34. The van der Waals surface area contributed by atoms with Gasteiger partial charge in [-0.3, -0.25) is 4.79 Å². The number of hydrogen-bond acceptors (Lipinski definition) is 2. The van der Waals surface area contributed by atoms with Crippen molar-refractivity contribution in [3.63, 3.8) is 0 Å². The summed E-state index contributed by atoms with van der Waals surface area (Å²) in [6.07, 6.45) is 3.16. The van der Waals surface area contributed by atoms with Crippen molar-refractivity contribution in [1.82, 2.24) is 5.32 Å². The first-order chi connectivity index (χ1) is 9.33. The van der Waals surface area contributed by atoms with Crippen LogP contribution in [-0.2, 0) is 10.2 Å². The molecule has 2 rings (SSSR count). The maximum absolute atomic E-state index is 12.6. The quantitative estimate of drug-likeness (QED) is 0.867. The molecule has 0 aromatic heterocycles. The van der Waals surface area contributed by atoms with Gasteiger partial charge in [0.15, 0.2) is 0 Å². The molecule has 1 aliphatic heterocycles. The highest BCUT2D eigenvalue weighted by Gasteiger charge is 2.34. The normalized spacial score (nSPS) is 23.4. The molecule has 20 heavy (non-hydrogen) atoms. The second kappa shape index (κ2) is 5.57. The minimum atomic E-state index is -0.441. The summed E-state index contributed by atoms with van der Waals surface area (Å²) in [7, 11) is 0. The summed E-state index contributed by atoms with van der Waals surface area (Å²) < 4.78 is 0. The van der Waals surface area contributed by atoms with Crippen LogP contribution in [0.1, 0.15) is 52.5 Å². The maximum Gasteiger partial charge on any atom is 0.244 e. The Bertz CT molecular complexity index is 482. The molecule has 110 valence electrons. The molecule has 1 amide bonds. The fourth-order valence-corrected chi connectivity index (χ4v) is 2.76. The van der Waals surface area contributed by atoms with Crippen LogP contribution in [0, 0.1) is 0 Å². The van der Waals surface area contributed by atoms with E-state index in [1.54, 1.807) is 0 Å². The van der Waals surface area contributed by atoms with Gasteiger partial charge < -0.3 is 10.6 Å². The minimum absolute atomic E-state index is 0.0186. The Hall–Kier alpha value is -1.35. The van der Waals surface area contributed by atoms with E-state index in [4.69, 9.17) is 0 Å². The summed E-state index contributed by atoms with van der Waals surface area (Å²) in [5, 5.41) is 6.49. The number of rotatable bonds is 2. The van der Waals surface area contributed by atoms with Gasteiger partial charge in [0.1, 0.15) is 0 Å². The topological polar surface area (TPSA) is 41.1 Å². The Kier molecular flexibility index (Phi) is 4.19. The van der Waals surface area contributed by atoms with Crippen molar-refractivity contribution in [2.75, 3.05) is 11.9 Å². The molecule has 1 fully saturated rings. The lowest BCUT2D eigenvalue weighted by atomic mass is 9.85. The van der Waals surface area contributed by atoms with E-state index in [1.165, 1.54) is 5.56 Å². The molecule has 1 unspecified atom stereocenters. The highest BCUT2D eigenvalue weighted by molar-refractivity contribution is 5.98. The molecule has 0 bridgehead atoms. The lowest BCUT2D eigenvalue weighted by Crippen LogP contribution is -2.54. The van der Waals surface area contributed by atoms with E-state index in [0.717, 1.165) is 31.5 Å². The van der Waals surface area contributed by atoms with E-state index in [9.17, 15) is 4.79 Å². The lowest BCUT2D eigenvalue weighted by molar-refractivity contribution is -0.122. The van der Waals surface area contributed by atoms with Crippen molar-refractivity contribution >= 4 is 11.6 Å². The van der Waals surface area contributed by atoms with Crippen molar-refractivity contribution in [3.05, 3.63) is 29.8 Å². The molecule has 1 aromatic carbocycles.